The van der Waals surface area contributed by atoms with Crippen LogP contribution in [0.2, 0.25) is 0 Å². The van der Waals surface area contributed by atoms with Gasteiger partial charge in [-0.15, -0.1) is 53.6 Å². The van der Waals surface area contributed by atoms with Crippen molar-refractivity contribution in [2.45, 2.75) is 20.6 Å². The summed E-state index contributed by atoms with van der Waals surface area (Å²) in [6.07, 6.45) is 6.70. The summed E-state index contributed by atoms with van der Waals surface area (Å²) in [5.41, 5.74) is 5.92. The Morgan fingerprint density at radius 3 is 2.42 bits per heavy atom. The Bertz CT molecular complexity index is 2530. The van der Waals surface area contributed by atoms with Crippen molar-refractivity contribution in [3.8, 4) is 33.6 Å². The minimum Gasteiger partial charge on any atom is -0.486 e. The van der Waals surface area contributed by atoms with Gasteiger partial charge in [-0.25, -0.2) is 4.98 Å². The van der Waals surface area contributed by atoms with Crippen LogP contribution in [0.3, 0.4) is 0 Å². The molecule has 0 saturated heterocycles. The van der Waals surface area contributed by atoms with Crippen LogP contribution in [0.5, 0.6) is 0 Å². The third-order valence-electron chi connectivity index (χ3n) is 7.14. The molecule has 0 atom stereocenters. The van der Waals surface area contributed by atoms with Crippen LogP contribution >= 0.6 is 0 Å². The van der Waals surface area contributed by atoms with Crippen LogP contribution in [-0.2, 0) is 20.1 Å². The Hall–Kier alpha value is -5.03. The van der Waals surface area contributed by atoms with E-state index in [-0.39, 0.29) is 36.9 Å². The second-order valence-electron chi connectivity index (χ2n) is 10.0. The molecule has 0 fully saturated rings. The molecule has 0 aliphatic carbocycles. The maximum atomic E-state index is 7.62. The standard InChI is InChI=1S/C26H16N3O.C13H12N.Ir/c1-16-5-8-22-21-3-2-4-23(25(21)30-26(22)29-16)24-14-19(10-12-28-24)17-6-7-20-15-27-11-9-18(20)13-17;1-10-3-6-12(7-4-10)13-8-5-11(2)9-14-13;/h2-3,5-15H,1H3;3-6,8-9H,1-2H3;/q2*-1;/i1D3;1D3,2D3;. The van der Waals surface area contributed by atoms with Gasteiger partial charge in [-0.3, -0.25) is 4.98 Å². The van der Waals surface area contributed by atoms with Crippen molar-refractivity contribution in [3.05, 3.63) is 145 Å². The van der Waals surface area contributed by atoms with Crippen molar-refractivity contribution in [2.24, 2.45) is 0 Å². The predicted molar refractivity (Wildman–Crippen MR) is 177 cm³/mol. The molecule has 221 valence electrons. The first-order chi connectivity index (χ1) is 25.1. The number of hydrogen-bond acceptors (Lipinski definition) is 5. The number of fused-ring (bicyclic) bond motifs is 4. The molecule has 45 heavy (non-hydrogen) atoms. The molecular weight excluding hydrogens is 733 g/mol. The fraction of sp³-hybridized carbons (Fsp3) is 0.0769. The SMILES string of the molecule is [2H]C([2H])([2H])c1c[c-]c(-c2ccc(C([2H])([2H])[2H])cn2)cc1.[2H]C([2H])([2H])c1ccc2c(n1)oc1c(-c3cc(-c4ccc5cnccc5c4)ccn3)[c-]ccc12.[Ir]. The number of aromatic nitrogens is 4. The van der Waals surface area contributed by atoms with Crippen LogP contribution in [0.15, 0.2) is 120 Å². The number of benzene rings is 3. The van der Waals surface area contributed by atoms with Crippen LogP contribution in [-0.4, -0.2) is 19.9 Å². The Morgan fingerprint density at radius 2 is 1.60 bits per heavy atom. The molecular formula is C39H28IrN4O-2. The van der Waals surface area contributed by atoms with E-state index >= 15 is 0 Å². The average Bonchev–Trinajstić information content (AvgIpc) is 3.52. The molecule has 3 aromatic carbocycles. The summed E-state index contributed by atoms with van der Waals surface area (Å²) in [7, 11) is 0. The molecule has 0 N–H and O–H groups in total. The topological polar surface area (TPSA) is 64.7 Å². The van der Waals surface area contributed by atoms with Gasteiger partial charge in [0.2, 0.25) is 5.71 Å². The summed E-state index contributed by atoms with van der Waals surface area (Å²) in [5, 5.41) is 3.80. The molecule has 0 aliphatic rings. The summed E-state index contributed by atoms with van der Waals surface area (Å²) in [6.45, 7) is -6.64. The molecule has 0 amide bonds. The van der Waals surface area contributed by atoms with Gasteiger partial charge in [0, 0.05) is 73.7 Å². The van der Waals surface area contributed by atoms with Crippen LogP contribution < -0.4 is 0 Å². The van der Waals surface area contributed by atoms with E-state index in [2.05, 4.69) is 50.3 Å². The maximum Gasteiger partial charge on any atom is 0.216 e. The van der Waals surface area contributed by atoms with E-state index in [1.807, 2.05) is 36.5 Å². The van der Waals surface area contributed by atoms with Gasteiger partial charge in [-0.1, -0.05) is 48.1 Å². The van der Waals surface area contributed by atoms with Crippen LogP contribution in [0, 0.1) is 32.7 Å². The van der Waals surface area contributed by atoms with E-state index in [1.54, 1.807) is 30.6 Å². The van der Waals surface area contributed by atoms with Crippen molar-refractivity contribution >= 4 is 32.8 Å². The van der Waals surface area contributed by atoms with Gasteiger partial charge in [0.15, 0.2) is 0 Å². The summed E-state index contributed by atoms with van der Waals surface area (Å²) >= 11 is 0. The number of pyridine rings is 4. The van der Waals surface area contributed by atoms with E-state index in [0.29, 0.717) is 33.8 Å². The Labute approximate surface area is 288 Å². The van der Waals surface area contributed by atoms with Gasteiger partial charge < -0.3 is 14.4 Å². The van der Waals surface area contributed by atoms with E-state index in [9.17, 15) is 0 Å². The monoisotopic (exact) mass is 770 g/mol. The van der Waals surface area contributed by atoms with Crippen LogP contribution in [0.25, 0.3) is 66.5 Å². The largest absolute Gasteiger partial charge is 0.486 e. The number of nitrogens with zero attached hydrogens (tertiary/aromatic N) is 4. The zero-order valence-corrected chi connectivity index (χ0v) is 25.9. The van der Waals surface area contributed by atoms with Crippen LogP contribution in [0.4, 0.5) is 0 Å². The van der Waals surface area contributed by atoms with E-state index in [0.717, 1.165) is 32.7 Å². The van der Waals surface area contributed by atoms with Crippen molar-refractivity contribution in [1.29, 1.82) is 0 Å². The summed E-state index contributed by atoms with van der Waals surface area (Å²) in [6, 6.07) is 32.9. The fourth-order valence-electron chi connectivity index (χ4n) is 4.96. The third kappa shape index (κ3) is 6.30. The molecule has 8 aromatic rings. The molecule has 1 radical (unpaired) electrons. The third-order valence-corrected chi connectivity index (χ3v) is 7.14. The molecule has 6 heteroatoms. The molecule has 5 aromatic heterocycles. The van der Waals surface area contributed by atoms with Gasteiger partial charge >= 0.3 is 0 Å². The molecule has 5 nitrogen and oxygen atoms in total. The van der Waals surface area contributed by atoms with Crippen molar-refractivity contribution in [3.63, 3.8) is 0 Å². The first kappa shape index (κ1) is 20.8. The Kier molecular flexibility index (Phi) is 5.98. The van der Waals surface area contributed by atoms with E-state index < -0.39 is 20.6 Å². The zero-order chi connectivity index (χ0) is 37.5. The number of furan rings is 1. The Balaban J connectivity index is 0.000000205. The Morgan fingerprint density at radius 1 is 0.689 bits per heavy atom. The quantitative estimate of drug-likeness (QED) is 0.168. The van der Waals surface area contributed by atoms with E-state index in [4.69, 9.17) is 16.8 Å². The summed E-state index contributed by atoms with van der Waals surface area (Å²) in [5.74, 6) is 0. The predicted octanol–water partition coefficient (Wildman–Crippen LogP) is 9.53. The van der Waals surface area contributed by atoms with Crippen molar-refractivity contribution < 1.29 is 36.9 Å². The smallest absolute Gasteiger partial charge is 0.216 e. The molecule has 0 bridgehead atoms. The number of rotatable bonds is 3. The van der Waals surface area contributed by atoms with Crippen molar-refractivity contribution in [1.82, 2.24) is 19.9 Å². The molecule has 0 unspecified atom stereocenters. The van der Waals surface area contributed by atoms with Gasteiger partial charge in [0.05, 0.1) is 5.58 Å². The molecule has 5 heterocycles. The summed E-state index contributed by atoms with van der Waals surface area (Å²) < 4.78 is 72.6. The molecule has 0 saturated carbocycles. The van der Waals surface area contributed by atoms with Gasteiger partial charge in [-0.05, 0) is 77.5 Å². The normalized spacial score (nSPS) is 14.6. The summed E-state index contributed by atoms with van der Waals surface area (Å²) in [4.78, 5) is 17.1. The molecule has 0 aliphatic heterocycles. The van der Waals surface area contributed by atoms with Gasteiger partial charge in [0.1, 0.15) is 0 Å². The maximum absolute atomic E-state index is 7.62. The average molecular weight is 770 g/mol. The van der Waals surface area contributed by atoms with Gasteiger partial charge in [-0.2, -0.15) is 0 Å². The second-order valence-corrected chi connectivity index (χ2v) is 10.0. The van der Waals surface area contributed by atoms with E-state index in [1.165, 1.54) is 30.5 Å². The number of hydrogen-bond donors (Lipinski definition) is 0. The first-order valence-corrected chi connectivity index (χ1v) is 13.7. The molecule has 0 spiro atoms. The minimum absolute atomic E-state index is 0. The first-order valence-electron chi connectivity index (χ1n) is 18.2. The number of aryl methyl sites for hydroxylation is 3. The fourth-order valence-corrected chi connectivity index (χ4v) is 4.96. The second kappa shape index (κ2) is 12.9. The minimum atomic E-state index is -2.30. The zero-order valence-electron chi connectivity index (χ0n) is 32.5. The van der Waals surface area contributed by atoms with Gasteiger partial charge in [0.25, 0.3) is 0 Å². The van der Waals surface area contributed by atoms with Crippen LogP contribution in [0.1, 0.15) is 29.2 Å². The van der Waals surface area contributed by atoms with Crippen molar-refractivity contribution in [2.75, 3.05) is 0 Å². The molecule has 8 rings (SSSR count).